The van der Waals surface area contributed by atoms with Crippen molar-refractivity contribution in [1.29, 1.82) is 0 Å². The SMILES string of the molecule is Cc1cc(-c2ncn(/C=C(/C(=O)O)c3cncc(F)c3)n2)cc(C(F)(F)F)c1. The van der Waals surface area contributed by atoms with E-state index in [9.17, 15) is 27.5 Å². The third-order valence-corrected chi connectivity index (χ3v) is 3.68. The summed E-state index contributed by atoms with van der Waals surface area (Å²) < 4.78 is 53.3. The topological polar surface area (TPSA) is 80.9 Å². The number of carboxylic acids is 1. The van der Waals surface area contributed by atoms with Crippen molar-refractivity contribution >= 4 is 17.7 Å². The largest absolute Gasteiger partial charge is 0.478 e. The van der Waals surface area contributed by atoms with Gasteiger partial charge < -0.3 is 5.11 Å². The molecule has 0 atom stereocenters. The van der Waals surface area contributed by atoms with Gasteiger partial charge in [0.2, 0.25) is 0 Å². The number of aromatic nitrogens is 4. The van der Waals surface area contributed by atoms with Gasteiger partial charge in [0.15, 0.2) is 5.82 Å². The van der Waals surface area contributed by atoms with Gasteiger partial charge in [0, 0.05) is 23.5 Å². The standard InChI is InChI=1S/C18H12F4N4O2/c1-10-2-11(4-13(3-10)18(20,21)22)16-24-9-26(25-16)8-15(17(27)28)12-5-14(19)7-23-6-12/h2-9H,1H3,(H,27,28)/b15-8+. The average molecular weight is 392 g/mol. The molecule has 0 aliphatic heterocycles. The average Bonchev–Trinajstić information content (AvgIpc) is 3.07. The fourth-order valence-electron chi connectivity index (χ4n) is 2.49. The lowest BCUT2D eigenvalue weighted by molar-refractivity contribution is -0.137. The summed E-state index contributed by atoms with van der Waals surface area (Å²) in [4.78, 5) is 19.0. The minimum absolute atomic E-state index is 0.000497. The molecule has 3 aromatic rings. The number of carboxylic acid groups (broad SMARTS) is 1. The highest BCUT2D eigenvalue weighted by Crippen LogP contribution is 2.32. The number of pyridine rings is 1. The van der Waals surface area contributed by atoms with E-state index in [2.05, 4.69) is 15.1 Å². The lowest BCUT2D eigenvalue weighted by Gasteiger charge is -2.09. The fraction of sp³-hybridized carbons (Fsp3) is 0.111. The molecule has 0 aliphatic rings. The second-order valence-corrected chi connectivity index (χ2v) is 5.87. The molecule has 0 unspecified atom stereocenters. The van der Waals surface area contributed by atoms with E-state index in [1.165, 1.54) is 13.0 Å². The molecule has 0 fully saturated rings. The maximum atomic E-state index is 13.3. The van der Waals surface area contributed by atoms with Gasteiger partial charge >= 0.3 is 12.1 Å². The van der Waals surface area contributed by atoms with Gasteiger partial charge in [-0.15, -0.1) is 5.10 Å². The number of hydrogen-bond acceptors (Lipinski definition) is 4. The van der Waals surface area contributed by atoms with Crippen LogP contribution in [0.25, 0.3) is 23.2 Å². The minimum Gasteiger partial charge on any atom is -0.478 e. The van der Waals surface area contributed by atoms with Crippen LogP contribution in [0.4, 0.5) is 17.6 Å². The summed E-state index contributed by atoms with van der Waals surface area (Å²) >= 11 is 0. The number of carbonyl (C=O) groups is 1. The van der Waals surface area contributed by atoms with Gasteiger partial charge in [-0.2, -0.15) is 13.2 Å². The van der Waals surface area contributed by atoms with Crippen molar-refractivity contribution in [3.63, 3.8) is 0 Å². The Kier molecular flexibility index (Phi) is 4.95. The summed E-state index contributed by atoms with van der Waals surface area (Å²) in [6, 6.07) is 4.37. The van der Waals surface area contributed by atoms with E-state index in [0.717, 1.165) is 47.8 Å². The molecular formula is C18H12F4N4O2. The molecule has 2 aromatic heterocycles. The molecular weight excluding hydrogens is 380 g/mol. The Balaban J connectivity index is 2.01. The van der Waals surface area contributed by atoms with E-state index < -0.39 is 23.5 Å². The maximum absolute atomic E-state index is 13.3. The number of aryl methyl sites for hydroxylation is 1. The Morgan fingerprint density at radius 2 is 1.93 bits per heavy atom. The molecule has 0 radical (unpaired) electrons. The number of alkyl halides is 3. The zero-order valence-corrected chi connectivity index (χ0v) is 14.3. The highest BCUT2D eigenvalue weighted by Gasteiger charge is 2.31. The summed E-state index contributed by atoms with van der Waals surface area (Å²) in [6.07, 6.45) is -0.232. The van der Waals surface area contributed by atoms with Crippen molar-refractivity contribution in [3.05, 3.63) is 65.5 Å². The Bertz CT molecular complexity index is 1070. The molecule has 0 saturated carbocycles. The molecule has 6 nitrogen and oxygen atoms in total. The quantitative estimate of drug-likeness (QED) is 0.538. The second-order valence-electron chi connectivity index (χ2n) is 5.87. The van der Waals surface area contributed by atoms with E-state index in [4.69, 9.17) is 0 Å². The van der Waals surface area contributed by atoms with Crippen molar-refractivity contribution in [2.45, 2.75) is 13.1 Å². The molecule has 10 heteroatoms. The van der Waals surface area contributed by atoms with Crippen molar-refractivity contribution in [2.75, 3.05) is 0 Å². The Morgan fingerprint density at radius 3 is 2.57 bits per heavy atom. The van der Waals surface area contributed by atoms with Gasteiger partial charge in [-0.05, 0) is 36.8 Å². The first-order valence-corrected chi connectivity index (χ1v) is 7.80. The third kappa shape index (κ3) is 4.22. The number of benzene rings is 1. The molecule has 0 spiro atoms. The van der Waals surface area contributed by atoms with Crippen LogP contribution in [0.15, 0.2) is 43.0 Å². The van der Waals surface area contributed by atoms with Gasteiger partial charge in [-0.3, -0.25) is 4.98 Å². The van der Waals surface area contributed by atoms with Crippen LogP contribution >= 0.6 is 0 Å². The van der Waals surface area contributed by atoms with E-state index >= 15 is 0 Å². The zero-order valence-electron chi connectivity index (χ0n) is 14.3. The van der Waals surface area contributed by atoms with Crippen molar-refractivity contribution in [2.24, 2.45) is 0 Å². The van der Waals surface area contributed by atoms with Crippen LogP contribution in [-0.4, -0.2) is 30.8 Å². The minimum atomic E-state index is -4.52. The number of aliphatic carboxylic acids is 1. The first-order chi connectivity index (χ1) is 13.1. The first-order valence-electron chi connectivity index (χ1n) is 7.80. The van der Waals surface area contributed by atoms with Crippen LogP contribution < -0.4 is 0 Å². The molecule has 0 saturated heterocycles. The molecule has 144 valence electrons. The van der Waals surface area contributed by atoms with Crippen LogP contribution in [0.2, 0.25) is 0 Å². The summed E-state index contributed by atoms with van der Waals surface area (Å²) in [5, 5.41) is 13.4. The summed E-state index contributed by atoms with van der Waals surface area (Å²) in [5.41, 5.74) is -0.660. The van der Waals surface area contributed by atoms with Crippen molar-refractivity contribution < 1.29 is 27.5 Å². The van der Waals surface area contributed by atoms with E-state index in [1.54, 1.807) is 0 Å². The van der Waals surface area contributed by atoms with Gasteiger partial charge in [0.05, 0.1) is 17.3 Å². The van der Waals surface area contributed by atoms with Crippen LogP contribution in [0, 0.1) is 12.7 Å². The number of hydrogen-bond donors (Lipinski definition) is 1. The summed E-state index contributed by atoms with van der Waals surface area (Å²) in [6.45, 7) is 1.51. The van der Waals surface area contributed by atoms with Crippen LogP contribution in [-0.2, 0) is 11.0 Å². The molecule has 0 bridgehead atoms. The Morgan fingerprint density at radius 1 is 1.18 bits per heavy atom. The Hall–Kier alpha value is -3.56. The van der Waals surface area contributed by atoms with Gasteiger partial charge in [0.1, 0.15) is 12.1 Å². The second kappa shape index (κ2) is 7.22. The Labute approximate surface area is 155 Å². The molecule has 3 rings (SSSR count). The van der Waals surface area contributed by atoms with Crippen molar-refractivity contribution in [1.82, 2.24) is 19.7 Å². The maximum Gasteiger partial charge on any atom is 0.416 e. The normalized spacial score (nSPS) is 12.2. The predicted octanol–water partition coefficient (Wildman–Crippen LogP) is 3.89. The number of rotatable bonds is 4. The third-order valence-electron chi connectivity index (χ3n) is 3.68. The molecule has 0 aliphatic carbocycles. The van der Waals surface area contributed by atoms with Crippen LogP contribution in [0.3, 0.4) is 0 Å². The highest BCUT2D eigenvalue weighted by molar-refractivity contribution is 6.19. The van der Waals surface area contributed by atoms with Gasteiger partial charge in [0.25, 0.3) is 0 Å². The number of nitrogens with zero attached hydrogens (tertiary/aromatic N) is 4. The van der Waals surface area contributed by atoms with Crippen molar-refractivity contribution in [3.8, 4) is 11.4 Å². The van der Waals surface area contributed by atoms with E-state index in [1.807, 2.05) is 0 Å². The molecule has 28 heavy (non-hydrogen) atoms. The molecule has 1 aromatic carbocycles. The summed E-state index contributed by atoms with van der Waals surface area (Å²) in [7, 11) is 0. The molecule has 2 heterocycles. The van der Waals surface area contributed by atoms with Gasteiger partial charge in [-0.25, -0.2) is 18.9 Å². The van der Waals surface area contributed by atoms with E-state index in [0.29, 0.717) is 5.56 Å². The zero-order chi connectivity index (χ0) is 20.5. The van der Waals surface area contributed by atoms with Crippen LogP contribution in [0.1, 0.15) is 16.7 Å². The highest BCUT2D eigenvalue weighted by atomic mass is 19.4. The van der Waals surface area contributed by atoms with Crippen LogP contribution in [0.5, 0.6) is 0 Å². The lowest BCUT2D eigenvalue weighted by atomic mass is 10.1. The molecule has 1 N–H and O–H groups in total. The summed E-state index contributed by atoms with van der Waals surface area (Å²) in [5.74, 6) is -2.10. The predicted molar refractivity (Wildman–Crippen MR) is 91.2 cm³/mol. The van der Waals surface area contributed by atoms with Gasteiger partial charge in [-0.1, -0.05) is 0 Å². The molecule has 0 amide bonds. The fourth-order valence-corrected chi connectivity index (χ4v) is 2.49. The monoisotopic (exact) mass is 392 g/mol. The lowest BCUT2D eigenvalue weighted by Crippen LogP contribution is -2.05. The smallest absolute Gasteiger partial charge is 0.416 e. The van der Waals surface area contributed by atoms with E-state index in [-0.39, 0.29) is 22.5 Å². The first kappa shape index (κ1) is 19.2. The number of halogens is 4.